The molecule has 0 aliphatic carbocycles. The van der Waals surface area contributed by atoms with Crippen LogP contribution in [0.3, 0.4) is 0 Å². The summed E-state index contributed by atoms with van der Waals surface area (Å²) in [7, 11) is 0. The zero-order valence-corrected chi connectivity index (χ0v) is 14.2. The SMILES string of the molecule is CC(=O)OC[C@@H]1SC[C@H](OC(C)=O)[C@H](OC(C)=O)[C@H]1OC(C)=O. The van der Waals surface area contributed by atoms with Gasteiger partial charge in [-0.1, -0.05) is 0 Å². The topological polar surface area (TPSA) is 105 Å². The van der Waals surface area contributed by atoms with E-state index < -0.39 is 47.4 Å². The highest BCUT2D eigenvalue weighted by atomic mass is 32.2. The number of carbonyl (C=O) groups is 4. The maximum Gasteiger partial charge on any atom is 0.303 e. The molecule has 0 aromatic carbocycles. The fraction of sp³-hybridized carbons (Fsp3) is 0.714. The average Bonchev–Trinajstić information content (AvgIpc) is 2.39. The van der Waals surface area contributed by atoms with Crippen molar-refractivity contribution in [2.24, 2.45) is 0 Å². The first-order valence-electron chi connectivity index (χ1n) is 6.97. The summed E-state index contributed by atoms with van der Waals surface area (Å²) in [5, 5.41) is -0.432. The number of rotatable bonds is 5. The van der Waals surface area contributed by atoms with Crippen molar-refractivity contribution in [3.05, 3.63) is 0 Å². The molecule has 8 nitrogen and oxygen atoms in total. The molecule has 130 valence electrons. The van der Waals surface area contributed by atoms with Crippen LogP contribution in [0.1, 0.15) is 27.7 Å². The fourth-order valence-electron chi connectivity index (χ4n) is 2.16. The zero-order chi connectivity index (χ0) is 17.6. The first kappa shape index (κ1) is 19.3. The van der Waals surface area contributed by atoms with Crippen LogP contribution in [0, 0.1) is 0 Å². The molecule has 1 heterocycles. The normalized spacial score (nSPS) is 26.8. The number of hydrogen-bond acceptors (Lipinski definition) is 9. The Morgan fingerprint density at radius 3 is 1.83 bits per heavy atom. The van der Waals surface area contributed by atoms with E-state index >= 15 is 0 Å². The van der Waals surface area contributed by atoms with Crippen LogP contribution < -0.4 is 0 Å². The van der Waals surface area contributed by atoms with E-state index in [9.17, 15) is 19.2 Å². The van der Waals surface area contributed by atoms with E-state index in [1.807, 2.05) is 0 Å². The Bertz CT molecular complexity index is 477. The van der Waals surface area contributed by atoms with Crippen LogP contribution in [0.5, 0.6) is 0 Å². The molecule has 0 bridgehead atoms. The van der Waals surface area contributed by atoms with Gasteiger partial charge in [-0.05, 0) is 0 Å². The maximum absolute atomic E-state index is 11.4. The molecular formula is C14H20O8S. The highest BCUT2D eigenvalue weighted by Crippen LogP contribution is 2.32. The van der Waals surface area contributed by atoms with Gasteiger partial charge in [0.2, 0.25) is 0 Å². The van der Waals surface area contributed by atoms with Crippen molar-refractivity contribution in [1.29, 1.82) is 0 Å². The van der Waals surface area contributed by atoms with Crippen molar-refractivity contribution < 1.29 is 38.1 Å². The number of carbonyl (C=O) groups excluding carboxylic acids is 4. The summed E-state index contributed by atoms with van der Waals surface area (Å²) < 4.78 is 20.6. The lowest BCUT2D eigenvalue weighted by Crippen LogP contribution is -2.55. The first-order valence-corrected chi connectivity index (χ1v) is 8.02. The lowest BCUT2D eigenvalue weighted by molar-refractivity contribution is -0.183. The third-order valence-corrected chi connectivity index (χ3v) is 4.26. The smallest absolute Gasteiger partial charge is 0.303 e. The van der Waals surface area contributed by atoms with E-state index in [-0.39, 0.29) is 6.61 Å². The van der Waals surface area contributed by atoms with Gasteiger partial charge in [0.25, 0.3) is 0 Å². The van der Waals surface area contributed by atoms with Crippen molar-refractivity contribution in [1.82, 2.24) is 0 Å². The Morgan fingerprint density at radius 2 is 1.35 bits per heavy atom. The molecule has 1 aliphatic heterocycles. The molecule has 1 aliphatic rings. The van der Waals surface area contributed by atoms with Gasteiger partial charge in [0.15, 0.2) is 18.3 Å². The van der Waals surface area contributed by atoms with Crippen molar-refractivity contribution in [2.75, 3.05) is 12.4 Å². The fourth-order valence-corrected chi connectivity index (χ4v) is 3.42. The van der Waals surface area contributed by atoms with Gasteiger partial charge in [-0.2, -0.15) is 0 Å². The Morgan fingerprint density at radius 1 is 0.826 bits per heavy atom. The van der Waals surface area contributed by atoms with Gasteiger partial charge < -0.3 is 18.9 Å². The Kier molecular flexibility index (Phi) is 7.34. The minimum Gasteiger partial charge on any atom is -0.465 e. The minimum absolute atomic E-state index is 0.0114. The van der Waals surface area contributed by atoms with Gasteiger partial charge in [-0.25, -0.2) is 0 Å². The molecular weight excluding hydrogens is 328 g/mol. The molecule has 0 amide bonds. The van der Waals surface area contributed by atoms with E-state index in [0.717, 1.165) is 0 Å². The molecule has 0 aromatic heterocycles. The number of ether oxygens (including phenoxy) is 4. The molecule has 23 heavy (non-hydrogen) atoms. The molecule has 1 rings (SSSR count). The van der Waals surface area contributed by atoms with E-state index in [0.29, 0.717) is 5.75 Å². The summed E-state index contributed by atoms with van der Waals surface area (Å²) in [4.78, 5) is 44.9. The van der Waals surface area contributed by atoms with Gasteiger partial charge in [-0.15, -0.1) is 11.8 Å². The summed E-state index contributed by atoms with van der Waals surface area (Å²) in [6, 6.07) is 0. The second kappa shape index (κ2) is 8.76. The summed E-state index contributed by atoms with van der Waals surface area (Å²) in [5.74, 6) is -1.86. The van der Waals surface area contributed by atoms with E-state index in [1.54, 1.807) is 0 Å². The van der Waals surface area contributed by atoms with Gasteiger partial charge in [0, 0.05) is 33.4 Å². The van der Waals surface area contributed by atoms with Crippen molar-refractivity contribution in [3.8, 4) is 0 Å². The third kappa shape index (κ3) is 6.47. The van der Waals surface area contributed by atoms with Gasteiger partial charge in [0.1, 0.15) is 6.61 Å². The van der Waals surface area contributed by atoms with Crippen molar-refractivity contribution in [3.63, 3.8) is 0 Å². The molecule has 1 fully saturated rings. The zero-order valence-electron chi connectivity index (χ0n) is 13.4. The highest BCUT2D eigenvalue weighted by molar-refractivity contribution is 8.00. The summed E-state index contributed by atoms with van der Waals surface area (Å²) >= 11 is 1.31. The predicted molar refractivity (Wildman–Crippen MR) is 79.5 cm³/mol. The van der Waals surface area contributed by atoms with Crippen molar-refractivity contribution in [2.45, 2.75) is 51.3 Å². The molecule has 0 spiro atoms. The van der Waals surface area contributed by atoms with E-state index in [1.165, 1.54) is 39.5 Å². The molecule has 0 saturated carbocycles. The van der Waals surface area contributed by atoms with Crippen LogP contribution in [0.15, 0.2) is 0 Å². The maximum atomic E-state index is 11.4. The third-order valence-electron chi connectivity index (χ3n) is 2.90. The quantitative estimate of drug-likeness (QED) is 0.517. The lowest BCUT2D eigenvalue weighted by Gasteiger charge is -2.39. The molecule has 0 N–H and O–H groups in total. The van der Waals surface area contributed by atoms with Crippen LogP contribution >= 0.6 is 11.8 Å². The standard InChI is InChI=1S/C14H20O8S/c1-7(15)19-5-12-14(22-10(4)18)13(21-9(3)17)11(6-23-12)20-8(2)16/h11-14H,5-6H2,1-4H3/t11-,12-,13-,14-/m0/s1. The van der Waals surface area contributed by atoms with E-state index in [4.69, 9.17) is 18.9 Å². The second-order valence-electron chi connectivity index (χ2n) is 4.97. The molecule has 0 radical (unpaired) electrons. The van der Waals surface area contributed by atoms with Crippen LogP contribution in [0.4, 0.5) is 0 Å². The summed E-state index contributed by atoms with van der Waals surface area (Å²) in [6.45, 7) is 4.91. The minimum atomic E-state index is -0.956. The van der Waals surface area contributed by atoms with Gasteiger partial charge in [-0.3, -0.25) is 19.2 Å². The Labute approximate surface area is 138 Å². The molecule has 0 aromatic rings. The van der Waals surface area contributed by atoms with Crippen LogP contribution in [0.2, 0.25) is 0 Å². The van der Waals surface area contributed by atoms with Crippen molar-refractivity contribution >= 4 is 35.6 Å². The monoisotopic (exact) mass is 348 g/mol. The molecule has 9 heteroatoms. The van der Waals surface area contributed by atoms with Gasteiger partial charge >= 0.3 is 23.9 Å². The first-order chi connectivity index (χ1) is 10.7. The summed E-state index contributed by atoms with van der Waals surface area (Å²) in [5.41, 5.74) is 0. The van der Waals surface area contributed by atoms with Crippen LogP contribution in [-0.2, 0) is 38.1 Å². The second-order valence-corrected chi connectivity index (χ2v) is 6.24. The number of esters is 4. The average molecular weight is 348 g/mol. The van der Waals surface area contributed by atoms with Crippen LogP contribution in [0.25, 0.3) is 0 Å². The predicted octanol–water partition coefficient (Wildman–Crippen LogP) is 0.460. The summed E-state index contributed by atoms with van der Waals surface area (Å²) in [6.07, 6.45) is -2.60. The highest BCUT2D eigenvalue weighted by Gasteiger charge is 2.46. The molecule has 0 unspecified atom stereocenters. The van der Waals surface area contributed by atoms with E-state index in [2.05, 4.69) is 0 Å². The van der Waals surface area contributed by atoms with Crippen LogP contribution in [-0.4, -0.2) is 59.8 Å². The largest absolute Gasteiger partial charge is 0.465 e. The Balaban J connectivity index is 2.98. The lowest BCUT2D eigenvalue weighted by atomic mass is 10.0. The number of hydrogen-bond donors (Lipinski definition) is 0. The molecule has 1 saturated heterocycles. The molecule has 4 atom stereocenters. The Hall–Kier alpha value is -1.77. The number of thioether (sulfide) groups is 1. The van der Waals surface area contributed by atoms with Gasteiger partial charge in [0.05, 0.1) is 5.25 Å².